The Balaban J connectivity index is 3.26. The van der Waals surface area contributed by atoms with Gasteiger partial charge in [0, 0.05) is 5.02 Å². The summed E-state index contributed by atoms with van der Waals surface area (Å²) in [5, 5.41) is 16.4. The molecule has 80 valence electrons. The number of hydrogen-bond acceptors (Lipinski definition) is 6. The maximum atomic E-state index is 11.0. The Kier molecular flexibility index (Phi) is 3.62. The van der Waals surface area contributed by atoms with Crippen LogP contribution >= 0.6 is 11.6 Å². The van der Waals surface area contributed by atoms with Gasteiger partial charge in [-0.2, -0.15) is 10.5 Å². The molecule has 0 amide bonds. The van der Waals surface area contributed by atoms with Crippen LogP contribution in [0.2, 0.25) is 5.02 Å². The van der Waals surface area contributed by atoms with Crippen molar-refractivity contribution in [3.05, 3.63) is 34.3 Å². The summed E-state index contributed by atoms with van der Waals surface area (Å²) in [4.78, 5) is 28.8. The lowest BCUT2D eigenvalue weighted by atomic mass is 10.1. The fourth-order valence-corrected chi connectivity index (χ4v) is 1.13. The van der Waals surface area contributed by atoms with Crippen LogP contribution in [-0.2, 0) is 9.78 Å². The molecular formula is C8H5ClO6. The molecule has 6 nitrogen and oxygen atoms in total. The van der Waals surface area contributed by atoms with E-state index in [-0.39, 0.29) is 16.1 Å². The molecule has 0 saturated carbocycles. The van der Waals surface area contributed by atoms with Crippen molar-refractivity contribution in [2.75, 3.05) is 0 Å². The second kappa shape index (κ2) is 4.74. The summed E-state index contributed by atoms with van der Waals surface area (Å²) >= 11 is 5.56. The fraction of sp³-hybridized carbons (Fsp3) is 0. The predicted molar refractivity (Wildman–Crippen MR) is 47.5 cm³/mol. The minimum atomic E-state index is -1.18. The van der Waals surface area contributed by atoms with Crippen molar-refractivity contribution in [3.8, 4) is 0 Å². The molecule has 0 aliphatic heterocycles. The van der Waals surface area contributed by atoms with Crippen LogP contribution in [0.1, 0.15) is 20.7 Å². The summed E-state index contributed by atoms with van der Waals surface area (Å²) in [6.07, 6.45) is 0. The number of benzene rings is 1. The van der Waals surface area contributed by atoms with Gasteiger partial charge in [0.2, 0.25) is 0 Å². The van der Waals surface area contributed by atoms with Crippen molar-refractivity contribution in [1.29, 1.82) is 0 Å². The van der Waals surface area contributed by atoms with E-state index in [1.54, 1.807) is 0 Å². The molecule has 7 heteroatoms. The molecular weight excluding hydrogens is 228 g/mol. The topological polar surface area (TPSA) is 93.1 Å². The predicted octanol–water partition coefficient (Wildman–Crippen LogP) is 1.60. The molecule has 0 fully saturated rings. The average Bonchev–Trinajstić information content (AvgIpc) is 2.26. The number of carbonyl (C=O) groups excluding carboxylic acids is 2. The van der Waals surface area contributed by atoms with Crippen LogP contribution in [0.15, 0.2) is 18.2 Å². The quantitative estimate of drug-likeness (QED) is 0.594. The van der Waals surface area contributed by atoms with Crippen LogP contribution in [0.25, 0.3) is 0 Å². The first-order valence-electron chi connectivity index (χ1n) is 3.61. The van der Waals surface area contributed by atoms with Gasteiger partial charge in [-0.3, -0.25) is 9.78 Å². The van der Waals surface area contributed by atoms with E-state index in [0.717, 1.165) is 12.1 Å². The Morgan fingerprint density at radius 3 is 2.13 bits per heavy atom. The van der Waals surface area contributed by atoms with Gasteiger partial charge in [-0.1, -0.05) is 11.6 Å². The van der Waals surface area contributed by atoms with Crippen molar-refractivity contribution in [2.45, 2.75) is 0 Å². The maximum absolute atomic E-state index is 11.0. The van der Waals surface area contributed by atoms with Crippen molar-refractivity contribution in [2.24, 2.45) is 0 Å². The normalized spacial score (nSPS) is 9.53. The first-order valence-corrected chi connectivity index (χ1v) is 3.99. The molecule has 1 rings (SSSR count). The molecule has 0 spiro atoms. The summed E-state index contributed by atoms with van der Waals surface area (Å²) in [6, 6.07) is 3.54. The first-order chi connectivity index (χ1) is 7.10. The van der Waals surface area contributed by atoms with Gasteiger partial charge in [0.1, 0.15) is 0 Å². The molecule has 1 aromatic carbocycles. The van der Waals surface area contributed by atoms with E-state index in [1.165, 1.54) is 6.07 Å². The van der Waals surface area contributed by atoms with E-state index in [1.807, 2.05) is 0 Å². The summed E-state index contributed by atoms with van der Waals surface area (Å²) < 4.78 is 0. The van der Waals surface area contributed by atoms with Crippen molar-refractivity contribution < 1.29 is 29.9 Å². The zero-order chi connectivity index (χ0) is 11.4. The van der Waals surface area contributed by atoms with Crippen molar-refractivity contribution >= 4 is 23.5 Å². The lowest BCUT2D eigenvalue weighted by Gasteiger charge is -2.03. The van der Waals surface area contributed by atoms with Gasteiger partial charge in [-0.15, -0.1) is 0 Å². The summed E-state index contributed by atoms with van der Waals surface area (Å²) in [6.45, 7) is 0. The molecule has 0 saturated heterocycles. The highest BCUT2D eigenvalue weighted by atomic mass is 35.5. The van der Waals surface area contributed by atoms with E-state index in [9.17, 15) is 9.59 Å². The van der Waals surface area contributed by atoms with E-state index >= 15 is 0 Å². The Bertz CT molecular complexity index is 402. The molecule has 0 aromatic heterocycles. The highest BCUT2D eigenvalue weighted by Crippen LogP contribution is 2.17. The second-order valence-corrected chi connectivity index (χ2v) is 2.88. The van der Waals surface area contributed by atoms with Crippen molar-refractivity contribution in [1.82, 2.24) is 0 Å². The summed E-state index contributed by atoms with van der Waals surface area (Å²) in [5.74, 6) is -2.34. The minimum Gasteiger partial charge on any atom is -0.295 e. The van der Waals surface area contributed by atoms with E-state index in [0.29, 0.717) is 0 Å². The molecule has 0 atom stereocenters. The molecule has 0 aliphatic rings. The van der Waals surface area contributed by atoms with E-state index < -0.39 is 11.9 Å². The highest BCUT2D eigenvalue weighted by Gasteiger charge is 2.20. The lowest BCUT2D eigenvalue weighted by molar-refractivity contribution is -0.185. The minimum absolute atomic E-state index is 0.157. The SMILES string of the molecule is O=C(OO)c1ccc(Cl)cc1C(=O)OO. The van der Waals surface area contributed by atoms with Crippen LogP contribution in [0, 0.1) is 0 Å². The molecule has 0 heterocycles. The van der Waals surface area contributed by atoms with Gasteiger partial charge >= 0.3 is 11.9 Å². The summed E-state index contributed by atoms with van der Waals surface area (Å²) in [7, 11) is 0. The molecule has 0 radical (unpaired) electrons. The number of rotatable bonds is 2. The Morgan fingerprint density at radius 2 is 1.60 bits per heavy atom. The molecule has 1 aromatic rings. The number of hydrogen-bond donors (Lipinski definition) is 2. The molecule has 0 unspecified atom stereocenters. The maximum Gasteiger partial charge on any atom is 0.373 e. The van der Waals surface area contributed by atoms with Crippen LogP contribution in [0.3, 0.4) is 0 Å². The average molecular weight is 233 g/mol. The fourth-order valence-electron chi connectivity index (χ4n) is 0.962. The van der Waals surface area contributed by atoms with Crippen LogP contribution in [0.4, 0.5) is 0 Å². The largest absolute Gasteiger partial charge is 0.373 e. The van der Waals surface area contributed by atoms with Gasteiger partial charge in [-0.25, -0.2) is 9.59 Å². The van der Waals surface area contributed by atoms with Crippen LogP contribution in [0.5, 0.6) is 0 Å². The Labute approximate surface area is 88.5 Å². The standard InChI is InChI=1S/C8H5ClO6/c9-4-1-2-5(7(10)14-12)6(3-4)8(11)15-13/h1-3,12-13H. The van der Waals surface area contributed by atoms with Crippen LogP contribution in [-0.4, -0.2) is 22.5 Å². The summed E-state index contributed by atoms with van der Waals surface area (Å²) in [5.41, 5.74) is -0.593. The molecule has 15 heavy (non-hydrogen) atoms. The van der Waals surface area contributed by atoms with Crippen molar-refractivity contribution in [3.63, 3.8) is 0 Å². The lowest BCUT2D eigenvalue weighted by Crippen LogP contribution is -2.11. The van der Waals surface area contributed by atoms with Gasteiger partial charge in [-0.05, 0) is 18.2 Å². The third-order valence-corrected chi connectivity index (χ3v) is 1.82. The number of carbonyl (C=O) groups is 2. The zero-order valence-electron chi connectivity index (χ0n) is 7.14. The smallest absolute Gasteiger partial charge is 0.295 e. The Hall–Kier alpha value is -1.63. The molecule has 2 N–H and O–H groups in total. The first kappa shape index (κ1) is 11.4. The molecule has 0 aliphatic carbocycles. The third kappa shape index (κ3) is 2.44. The van der Waals surface area contributed by atoms with Gasteiger partial charge in [0.15, 0.2) is 0 Å². The highest BCUT2D eigenvalue weighted by molar-refractivity contribution is 6.31. The van der Waals surface area contributed by atoms with E-state index in [2.05, 4.69) is 9.78 Å². The second-order valence-electron chi connectivity index (χ2n) is 2.45. The molecule has 0 bridgehead atoms. The monoisotopic (exact) mass is 232 g/mol. The van der Waals surface area contributed by atoms with Gasteiger partial charge in [0.25, 0.3) is 0 Å². The van der Waals surface area contributed by atoms with Crippen LogP contribution < -0.4 is 0 Å². The van der Waals surface area contributed by atoms with Gasteiger partial charge in [0.05, 0.1) is 11.1 Å². The third-order valence-electron chi connectivity index (χ3n) is 1.59. The number of halogens is 1. The van der Waals surface area contributed by atoms with Gasteiger partial charge < -0.3 is 0 Å². The van der Waals surface area contributed by atoms with E-state index in [4.69, 9.17) is 22.1 Å². The zero-order valence-corrected chi connectivity index (χ0v) is 7.89. The Morgan fingerprint density at radius 1 is 1.07 bits per heavy atom.